The molecule has 0 fully saturated rings. The molecule has 0 bridgehead atoms. The number of hydrogen-bond donors (Lipinski definition) is 1. The second kappa shape index (κ2) is 7.91. The summed E-state index contributed by atoms with van der Waals surface area (Å²) in [5, 5.41) is 5.51. The molecule has 0 spiro atoms. The van der Waals surface area contributed by atoms with Crippen molar-refractivity contribution in [3.63, 3.8) is 0 Å². The van der Waals surface area contributed by atoms with Crippen molar-refractivity contribution in [3.8, 4) is 5.75 Å². The highest BCUT2D eigenvalue weighted by molar-refractivity contribution is 5.87. The third-order valence-electron chi connectivity index (χ3n) is 4.10. The number of methoxy groups -OCH3 is 1. The van der Waals surface area contributed by atoms with Gasteiger partial charge in [0.25, 0.3) is 0 Å². The lowest BCUT2D eigenvalue weighted by Gasteiger charge is -2.21. The zero-order chi connectivity index (χ0) is 18.5. The Bertz CT molecular complexity index is 887. The van der Waals surface area contributed by atoms with Crippen molar-refractivity contribution >= 4 is 22.4 Å². The quantitative estimate of drug-likeness (QED) is 0.640. The van der Waals surface area contributed by atoms with Gasteiger partial charge in [-0.2, -0.15) is 0 Å². The van der Waals surface area contributed by atoms with Gasteiger partial charge in [-0.3, -0.25) is 0 Å². The molecule has 0 saturated heterocycles. The summed E-state index contributed by atoms with van der Waals surface area (Å²) in [6, 6.07) is 21.0. The Morgan fingerprint density at radius 2 is 1.62 bits per heavy atom. The molecule has 0 aliphatic carbocycles. The first-order valence-electron chi connectivity index (χ1n) is 8.66. The number of nitrogens with one attached hydrogen (secondary N) is 1. The van der Waals surface area contributed by atoms with Crippen LogP contribution in [0.2, 0.25) is 0 Å². The maximum atomic E-state index is 12.7. The van der Waals surface area contributed by atoms with Crippen molar-refractivity contribution in [1.82, 2.24) is 0 Å². The van der Waals surface area contributed by atoms with Crippen LogP contribution >= 0.6 is 0 Å². The van der Waals surface area contributed by atoms with Gasteiger partial charge in [0.2, 0.25) is 0 Å². The normalized spacial score (nSPS) is 12.0. The van der Waals surface area contributed by atoms with Crippen LogP contribution in [0.5, 0.6) is 5.75 Å². The molecule has 3 aromatic rings. The van der Waals surface area contributed by atoms with E-state index in [1.54, 1.807) is 7.11 Å². The number of ether oxygens (including phenoxy) is 2. The Kier molecular flexibility index (Phi) is 5.42. The van der Waals surface area contributed by atoms with Crippen LogP contribution in [-0.2, 0) is 9.53 Å². The van der Waals surface area contributed by atoms with Gasteiger partial charge in [0.1, 0.15) is 5.75 Å². The van der Waals surface area contributed by atoms with Crippen LogP contribution in [0.4, 0.5) is 5.69 Å². The van der Waals surface area contributed by atoms with Crippen molar-refractivity contribution in [2.45, 2.75) is 26.0 Å². The molecule has 0 aliphatic rings. The molecule has 1 N–H and O–H groups in total. The summed E-state index contributed by atoms with van der Waals surface area (Å²) >= 11 is 0. The van der Waals surface area contributed by atoms with Gasteiger partial charge in [-0.25, -0.2) is 4.79 Å². The number of hydrogen-bond acceptors (Lipinski definition) is 4. The molecule has 3 aromatic carbocycles. The molecule has 4 nitrogen and oxygen atoms in total. The molecule has 0 amide bonds. The Hall–Kier alpha value is -3.01. The number of carbonyl (C=O) groups excluding carboxylic acids is 1. The topological polar surface area (TPSA) is 47.6 Å². The van der Waals surface area contributed by atoms with E-state index in [0.717, 1.165) is 27.8 Å². The monoisotopic (exact) mass is 349 g/mol. The van der Waals surface area contributed by atoms with Gasteiger partial charge in [0, 0.05) is 5.69 Å². The van der Waals surface area contributed by atoms with Crippen molar-refractivity contribution in [1.29, 1.82) is 0 Å². The molecular weight excluding hydrogens is 326 g/mol. The molecule has 1 unspecified atom stereocenters. The summed E-state index contributed by atoms with van der Waals surface area (Å²) in [5.74, 6) is 0.466. The molecule has 0 aliphatic heterocycles. The van der Waals surface area contributed by atoms with Crippen LogP contribution in [0.1, 0.15) is 25.5 Å². The highest BCUT2D eigenvalue weighted by Gasteiger charge is 2.23. The smallest absolute Gasteiger partial charge is 0.333 e. The fourth-order valence-corrected chi connectivity index (χ4v) is 2.82. The van der Waals surface area contributed by atoms with E-state index in [-0.39, 0.29) is 12.1 Å². The lowest BCUT2D eigenvalue weighted by Crippen LogP contribution is -2.25. The molecular formula is C22H23NO3. The zero-order valence-electron chi connectivity index (χ0n) is 15.2. The Morgan fingerprint density at radius 1 is 0.923 bits per heavy atom. The van der Waals surface area contributed by atoms with Crippen LogP contribution in [0, 0.1) is 0 Å². The first-order chi connectivity index (χ1) is 12.6. The maximum absolute atomic E-state index is 12.7. The number of fused-ring (bicyclic) bond motifs is 1. The summed E-state index contributed by atoms with van der Waals surface area (Å²) in [7, 11) is 1.63. The van der Waals surface area contributed by atoms with E-state index in [1.807, 2.05) is 74.5 Å². The Labute approximate surface area is 153 Å². The van der Waals surface area contributed by atoms with Gasteiger partial charge in [-0.15, -0.1) is 0 Å². The lowest BCUT2D eigenvalue weighted by molar-refractivity contribution is -0.148. The van der Waals surface area contributed by atoms with Crippen molar-refractivity contribution in [2.24, 2.45) is 0 Å². The van der Waals surface area contributed by atoms with E-state index >= 15 is 0 Å². The first-order valence-corrected chi connectivity index (χ1v) is 8.66. The van der Waals surface area contributed by atoms with E-state index in [4.69, 9.17) is 9.47 Å². The van der Waals surface area contributed by atoms with Gasteiger partial charge in [-0.05, 0) is 60.5 Å². The fourth-order valence-electron chi connectivity index (χ4n) is 2.82. The predicted molar refractivity (Wildman–Crippen MR) is 105 cm³/mol. The van der Waals surface area contributed by atoms with E-state index in [2.05, 4.69) is 11.4 Å². The molecule has 26 heavy (non-hydrogen) atoms. The van der Waals surface area contributed by atoms with E-state index in [9.17, 15) is 4.79 Å². The zero-order valence-corrected chi connectivity index (χ0v) is 15.2. The Morgan fingerprint density at radius 3 is 2.27 bits per heavy atom. The second-order valence-electron chi connectivity index (χ2n) is 6.40. The van der Waals surface area contributed by atoms with Gasteiger partial charge in [0.15, 0.2) is 6.04 Å². The highest BCUT2D eigenvalue weighted by atomic mass is 16.5. The summed E-state index contributed by atoms with van der Waals surface area (Å²) in [6.07, 6.45) is -0.178. The molecule has 3 rings (SSSR count). The van der Waals surface area contributed by atoms with Crippen molar-refractivity contribution in [3.05, 3.63) is 72.3 Å². The molecule has 1 atom stereocenters. The molecule has 0 aromatic heterocycles. The van der Waals surface area contributed by atoms with Gasteiger partial charge in [-0.1, -0.05) is 36.4 Å². The predicted octanol–water partition coefficient (Wildman–Crippen LogP) is 4.95. The molecule has 134 valence electrons. The van der Waals surface area contributed by atoms with Crippen LogP contribution < -0.4 is 10.1 Å². The number of benzene rings is 3. The molecule has 0 radical (unpaired) electrons. The minimum Gasteiger partial charge on any atom is -0.497 e. The van der Waals surface area contributed by atoms with Gasteiger partial charge >= 0.3 is 5.97 Å². The Balaban J connectivity index is 1.94. The van der Waals surface area contributed by atoms with Gasteiger partial charge < -0.3 is 14.8 Å². The second-order valence-corrected chi connectivity index (χ2v) is 6.40. The van der Waals surface area contributed by atoms with Crippen LogP contribution in [0.15, 0.2) is 66.7 Å². The summed E-state index contributed by atoms with van der Waals surface area (Å²) in [4.78, 5) is 12.7. The average molecular weight is 349 g/mol. The van der Waals surface area contributed by atoms with E-state index in [1.165, 1.54) is 0 Å². The summed E-state index contributed by atoms with van der Waals surface area (Å²) in [5.41, 5.74) is 1.69. The number of anilines is 1. The average Bonchev–Trinajstić information content (AvgIpc) is 2.65. The van der Waals surface area contributed by atoms with E-state index < -0.39 is 6.04 Å². The lowest BCUT2D eigenvalue weighted by atomic mass is 10.0. The largest absolute Gasteiger partial charge is 0.497 e. The SMILES string of the molecule is COc1ccc(NC(C(=O)OC(C)C)c2ccc3ccccc3c2)cc1. The van der Waals surface area contributed by atoms with Crippen LogP contribution in [-0.4, -0.2) is 19.2 Å². The number of carbonyl (C=O) groups is 1. The van der Waals surface area contributed by atoms with Gasteiger partial charge in [0.05, 0.1) is 13.2 Å². The first kappa shape index (κ1) is 17.8. The number of esters is 1. The standard InChI is InChI=1S/C22H23NO3/c1-15(2)26-22(24)21(23-19-10-12-20(25-3)13-11-19)18-9-8-16-6-4-5-7-17(16)14-18/h4-15,21,23H,1-3H3. The summed E-state index contributed by atoms with van der Waals surface area (Å²) in [6.45, 7) is 3.70. The third kappa shape index (κ3) is 4.14. The third-order valence-corrected chi connectivity index (χ3v) is 4.10. The fraction of sp³-hybridized carbons (Fsp3) is 0.227. The van der Waals surface area contributed by atoms with Crippen LogP contribution in [0.25, 0.3) is 10.8 Å². The molecule has 4 heteroatoms. The highest BCUT2D eigenvalue weighted by Crippen LogP contribution is 2.26. The van der Waals surface area contributed by atoms with Crippen molar-refractivity contribution in [2.75, 3.05) is 12.4 Å². The maximum Gasteiger partial charge on any atom is 0.333 e. The minimum atomic E-state index is -0.588. The van der Waals surface area contributed by atoms with E-state index in [0.29, 0.717) is 0 Å². The minimum absolute atomic E-state index is 0.178. The van der Waals surface area contributed by atoms with Crippen molar-refractivity contribution < 1.29 is 14.3 Å². The molecule has 0 saturated carbocycles. The molecule has 0 heterocycles. The van der Waals surface area contributed by atoms with Crippen LogP contribution in [0.3, 0.4) is 0 Å². The number of rotatable bonds is 6. The summed E-state index contributed by atoms with van der Waals surface area (Å²) < 4.78 is 10.7.